The van der Waals surface area contributed by atoms with Gasteiger partial charge in [-0.15, -0.1) is 0 Å². The first-order chi connectivity index (χ1) is 16.5. The number of hydrogen-bond donors (Lipinski definition) is 2. The summed E-state index contributed by atoms with van der Waals surface area (Å²) in [5, 5.41) is 12.0. The highest BCUT2D eigenvalue weighted by molar-refractivity contribution is 5.97. The molecule has 9 heteroatoms. The first-order valence-electron chi connectivity index (χ1n) is 11.7. The van der Waals surface area contributed by atoms with E-state index < -0.39 is 0 Å². The number of carbonyl (C=O) groups excluding carboxylic acids is 1. The molecule has 1 aliphatic heterocycles. The first-order valence-corrected chi connectivity index (χ1v) is 11.7. The van der Waals surface area contributed by atoms with Crippen molar-refractivity contribution in [1.29, 1.82) is 0 Å². The van der Waals surface area contributed by atoms with E-state index in [9.17, 15) is 4.79 Å². The van der Waals surface area contributed by atoms with Crippen molar-refractivity contribution in [2.45, 2.75) is 45.2 Å². The van der Waals surface area contributed by atoms with E-state index in [0.29, 0.717) is 17.3 Å². The van der Waals surface area contributed by atoms with E-state index in [-0.39, 0.29) is 18.2 Å². The highest BCUT2D eigenvalue weighted by Gasteiger charge is 2.15. The van der Waals surface area contributed by atoms with E-state index in [0.717, 1.165) is 53.9 Å². The fraction of sp³-hybridized carbons (Fsp3) is 0.360. The van der Waals surface area contributed by atoms with Gasteiger partial charge in [-0.3, -0.25) is 24.4 Å². The van der Waals surface area contributed by atoms with Gasteiger partial charge in [-0.25, -0.2) is 4.98 Å². The molecule has 0 radical (unpaired) electrons. The molecule has 0 amide bonds. The van der Waals surface area contributed by atoms with Crippen molar-refractivity contribution in [2.75, 3.05) is 18.4 Å². The van der Waals surface area contributed by atoms with Crippen LogP contribution in [-0.2, 0) is 6.42 Å². The van der Waals surface area contributed by atoms with E-state index in [2.05, 4.69) is 30.7 Å². The number of aromatic nitrogens is 6. The van der Waals surface area contributed by atoms with Gasteiger partial charge in [0, 0.05) is 41.1 Å². The first kappa shape index (κ1) is 22.1. The fourth-order valence-electron chi connectivity index (χ4n) is 4.09. The van der Waals surface area contributed by atoms with Crippen LogP contribution in [0.5, 0.6) is 0 Å². The summed E-state index contributed by atoms with van der Waals surface area (Å²) in [6.45, 7) is 6.08. The Kier molecular flexibility index (Phi) is 6.27. The zero-order valence-corrected chi connectivity index (χ0v) is 19.4. The molecule has 0 saturated carbocycles. The van der Waals surface area contributed by atoms with Crippen molar-refractivity contribution in [3.05, 3.63) is 60.6 Å². The zero-order chi connectivity index (χ0) is 23.5. The minimum absolute atomic E-state index is 0.00887. The van der Waals surface area contributed by atoms with Crippen LogP contribution in [0.4, 0.5) is 5.82 Å². The maximum atomic E-state index is 12.7. The number of anilines is 1. The van der Waals surface area contributed by atoms with Crippen LogP contribution in [0, 0.1) is 0 Å². The van der Waals surface area contributed by atoms with E-state index in [1.807, 2.05) is 26.0 Å². The molecule has 2 N–H and O–H groups in total. The van der Waals surface area contributed by atoms with Gasteiger partial charge in [-0.2, -0.15) is 5.10 Å². The third kappa shape index (κ3) is 4.94. The van der Waals surface area contributed by atoms with Crippen molar-refractivity contribution < 1.29 is 4.79 Å². The van der Waals surface area contributed by atoms with Gasteiger partial charge in [0.15, 0.2) is 5.78 Å². The number of nitrogens with zero attached hydrogens (tertiary/aromatic N) is 6. The molecule has 1 saturated heterocycles. The minimum atomic E-state index is -0.00887. The van der Waals surface area contributed by atoms with Gasteiger partial charge in [0.1, 0.15) is 5.82 Å². The summed E-state index contributed by atoms with van der Waals surface area (Å²) >= 11 is 0. The number of carbonyl (C=O) groups is 1. The third-order valence-electron chi connectivity index (χ3n) is 6.04. The summed E-state index contributed by atoms with van der Waals surface area (Å²) in [5.41, 5.74) is 3.68. The Morgan fingerprint density at radius 2 is 1.97 bits per heavy atom. The second-order valence-corrected chi connectivity index (χ2v) is 8.95. The molecule has 34 heavy (non-hydrogen) atoms. The van der Waals surface area contributed by atoms with Crippen LogP contribution < -0.4 is 10.6 Å². The summed E-state index contributed by atoms with van der Waals surface area (Å²) in [6.07, 6.45) is 12.7. The molecule has 0 atom stereocenters. The molecule has 0 spiro atoms. The summed E-state index contributed by atoms with van der Waals surface area (Å²) in [7, 11) is 0. The van der Waals surface area contributed by atoms with Gasteiger partial charge in [0.05, 0.1) is 48.0 Å². The molecule has 0 unspecified atom stereocenters. The molecular formula is C25H28N8O. The Morgan fingerprint density at radius 1 is 1.12 bits per heavy atom. The van der Waals surface area contributed by atoms with Crippen LogP contribution in [-0.4, -0.2) is 54.6 Å². The number of fused-ring (bicyclic) bond motifs is 1. The molecule has 9 nitrogen and oxygen atoms in total. The molecule has 5 heterocycles. The highest BCUT2D eigenvalue weighted by atomic mass is 16.1. The predicted molar refractivity (Wildman–Crippen MR) is 131 cm³/mol. The van der Waals surface area contributed by atoms with E-state index in [4.69, 9.17) is 4.98 Å². The zero-order valence-electron chi connectivity index (χ0n) is 19.4. The monoisotopic (exact) mass is 456 g/mol. The van der Waals surface area contributed by atoms with Gasteiger partial charge >= 0.3 is 0 Å². The lowest BCUT2D eigenvalue weighted by molar-refractivity contribution is 0.0992. The molecule has 5 rings (SSSR count). The summed E-state index contributed by atoms with van der Waals surface area (Å²) in [4.78, 5) is 30.9. The highest BCUT2D eigenvalue weighted by Crippen LogP contribution is 2.23. The molecule has 1 fully saturated rings. The summed E-state index contributed by atoms with van der Waals surface area (Å²) < 4.78 is 1.78. The number of pyridine rings is 2. The average Bonchev–Trinajstić information content (AvgIpc) is 3.36. The predicted octanol–water partition coefficient (Wildman–Crippen LogP) is 3.45. The fourth-order valence-corrected chi connectivity index (χ4v) is 4.09. The Bertz CT molecular complexity index is 1310. The molecule has 0 aromatic carbocycles. The second-order valence-electron chi connectivity index (χ2n) is 8.95. The molecular weight excluding hydrogens is 428 g/mol. The van der Waals surface area contributed by atoms with Crippen molar-refractivity contribution in [2.24, 2.45) is 0 Å². The number of piperidine rings is 1. The van der Waals surface area contributed by atoms with E-state index in [1.165, 1.54) is 0 Å². The lowest BCUT2D eigenvalue weighted by Crippen LogP contribution is -2.35. The Balaban J connectivity index is 1.35. The number of ketones is 1. The smallest absolute Gasteiger partial charge is 0.171 e. The van der Waals surface area contributed by atoms with Gasteiger partial charge in [0.2, 0.25) is 0 Å². The Morgan fingerprint density at radius 3 is 2.76 bits per heavy atom. The molecule has 4 aromatic rings. The third-order valence-corrected chi connectivity index (χ3v) is 6.04. The lowest BCUT2D eigenvalue weighted by atomic mass is 10.1. The maximum Gasteiger partial charge on any atom is 0.171 e. The summed E-state index contributed by atoms with van der Waals surface area (Å²) in [6, 6.07) is 4.55. The topological polar surface area (TPSA) is 111 Å². The van der Waals surface area contributed by atoms with Gasteiger partial charge in [-0.05, 0) is 51.9 Å². The van der Waals surface area contributed by atoms with Crippen LogP contribution in [0.15, 0.2) is 49.3 Å². The van der Waals surface area contributed by atoms with E-state index >= 15 is 0 Å². The van der Waals surface area contributed by atoms with Crippen molar-refractivity contribution >= 4 is 22.5 Å². The van der Waals surface area contributed by atoms with Crippen LogP contribution in [0.25, 0.3) is 22.2 Å². The largest absolute Gasteiger partial charge is 0.366 e. The lowest BCUT2D eigenvalue weighted by Gasteiger charge is -2.24. The maximum absolute atomic E-state index is 12.7. The van der Waals surface area contributed by atoms with Crippen LogP contribution >= 0.6 is 0 Å². The van der Waals surface area contributed by atoms with E-state index in [1.54, 1.807) is 41.9 Å². The standard InChI is InChI=1S/C25H28N8O/c1-16(2)33-15-19(11-30-33)24(34)9-21-8-17-7-18(10-29-22(17)13-28-21)23-12-27-14-25(32-23)31-20-3-5-26-6-4-20/h7-8,10-16,20,26H,3-6,9H2,1-2H3,(H,31,32). The van der Waals surface area contributed by atoms with Crippen LogP contribution in [0.1, 0.15) is 48.8 Å². The van der Waals surface area contributed by atoms with Crippen LogP contribution in [0.3, 0.4) is 0 Å². The molecule has 0 aliphatic carbocycles. The Labute approximate surface area is 198 Å². The number of rotatable bonds is 7. The van der Waals surface area contributed by atoms with Gasteiger partial charge in [-0.1, -0.05) is 0 Å². The van der Waals surface area contributed by atoms with Crippen molar-refractivity contribution in [3.63, 3.8) is 0 Å². The minimum Gasteiger partial charge on any atom is -0.366 e. The SMILES string of the molecule is CC(C)n1cc(C(=O)Cc2cc3cc(-c4cncc(NC5CCNCC5)n4)cnc3cn2)cn1. The molecule has 1 aliphatic rings. The quantitative estimate of drug-likeness (QED) is 0.407. The Hall–Kier alpha value is -3.72. The average molecular weight is 457 g/mol. The second kappa shape index (κ2) is 9.64. The normalized spacial score (nSPS) is 14.6. The van der Waals surface area contributed by atoms with Crippen molar-refractivity contribution in [3.8, 4) is 11.3 Å². The molecule has 174 valence electrons. The molecule has 0 bridgehead atoms. The van der Waals surface area contributed by atoms with Crippen molar-refractivity contribution in [1.82, 2.24) is 35.0 Å². The van der Waals surface area contributed by atoms with Gasteiger partial charge in [0.25, 0.3) is 0 Å². The summed E-state index contributed by atoms with van der Waals surface area (Å²) in [5.74, 6) is 0.762. The molecule has 4 aromatic heterocycles. The van der Waals surface area contributed by atoms with Crippen LogP contribution in [0.2, 0.25) is 0 Å². The van der Waals surface area contributed by atoms with Gasteiger partial charge < -0.3 is 10.6 Å². The number of Topliss-reactive ketones (excluding diaryl/α,β-unsaturated/α-hetero) is 1. The number of nitrogens with one attached hydrogen (secondary N) is 2. The number of hydrogen-bond acceptors (Lipinski definition) is 8.